The molecule has 1 rings (SSSR count). The van der Waals surface area contributed by atoms with Crippen molar-refractivity contribution in [3.8, 4) is 0 Å². The zero-order valence-electron chi connectivity index (χ0n) is 6.07. The van der Waals surface area contributed by atoms with E-state index in [1.807, 2.05) is 0 Å². The van der Waals surface area contributed by atoms with E-state index in [-0.39, 0.29) is 11.0 Å². The third kappa shape index (κ3) is 1.80. The maximum absolute atomic E-state index is 13.1. The number of hydrogen-bond acceptors (Lipinski definition) is 2. The molecule has 66 valence electrons. The summed E-state index contributed by atoms with van der Waals surface area (Å²) in [6, 6.07) is 2.52. The van der Waals surface area contributed by atoms with Crippen LogP contribution in [0.4, 0.5) is 8.78 Å². The monoisotopic (exact) mass is 236 g/mol. The van der Waals surface area contributed by atoms with Gasteiger partial charge in [-0.2, -0.15) is 0 Å². The molecule has 0 amide bonds. The Kier molecular flexibility index (Phi) is 3.13. The number of benzene rings is 1. The van der Waals surface area contributed by atoms with Crippen molar-refractivity contribution in [1.29, 1.82) is 0 Å². The van der Waals surface area contributed by atoms with Crippen LogP contribution in [0.5, 0.6) is 0 Å². The Morgan fingerprint density at radius 3 is 2.67 bits per heavy atom. The summed E-state index contributed by atoms with van der Waals surface area (Å²) in [4.78, 5) is 0. The summed E-state index contributed by atoms with van der Waals surface area (Å²) in [5.41, 5.74) is 2.61. The predicted molar refractivity (Wildman–Crippen MR) is 45.1 cm³/mol. The van der Waals surface area contributed by atoms with Gasteiger partial charge in [0.15, 0.2) is 0 Å². The molecule has 0 saturated heterocycles. The Morgan fingerprint density at radius 1 is 1.42 bits per heavy atom. The van der Waals surface area contributed by atoms with Crippen LogP contribution in [-0.2, 0) is 6.54 Å². The number of hydrazine groups is 1. The molecule has 5 heteroatoms. The first-order valence-electron chi connectivity index (χ1n) is 3.22. The van der Waals surface area contributed by atoms with Crippen molar-refractivity contribution in [3.63, 3.8) is 0 Å². The highest BCUT2D eigenvalue weighted by Gasteiger charge is 2.09. The topological polar surface area (TPSA) is 38.0 Å². The Morgan fingerprint density at radius 2 is 2.08 bits per heavy atom. The first-order chi connectivity index (χ1) is 5.66. The van der Waals surface area contributed by atoms with Crippen molar-refractivity contribution in [3.05, 3.63) is 33.8 Å². The number of nitrogens with one attached hydrogen (secondary N) is 1. The fourth-order valence-electron chi connectivity index (χ4n) is 0.812. The largest absolute Gasteiger partial charge is 0.271 e. The highest BCUT2D eigenvalue weighted by molar-refractivity contribution is 9.10. The van der Waals surface area contributed by atoms with E-state index < -0.39 is 11.6 Å². The summed E-state index contributed by atoms with van der Waals surface area (Å²) in [7, 11) is 0. The molecular weight excluding hydrogens is 230 g/mol. The summed E-state index contributed by atoms with van der Waals surface area (Å²) in [6.45, 7) is 0.171. The van der Waals surface area contributed by atoms with Gasteiger partial charge < -0.3 is 0 Å². The van der Waals surface area contributed by atoms with Gasteiger partial charge in [0.2, 0.25) is 0 Å². The van der Waals surface area contributed by atoms with E-state index in [0.29, 0.717) is 5.56 Å². The standard InChI is InChI=1S/C7H7BrF2N2/c8-6-5(9)2-1-4(3-12-11)7(6)10/h1-2,12H,3,11H2. The van der Waals surface area contributed by atoms with Gasteiger partial charge in [0.05, 0.1) is 4.47 Å². The van der Waals surface area contributed by atoms with Crippen LogP contribution in [-0.4, -0.2) is 0 Å². The lowest BCUT2D eigenvalue weighted by Crippen LogP contribution is -2.21. The van der Waals surface area contributed by atoms with Gasteiger partial charge in [-0.25, -0.2) is 8.78 Å². The minimum atomic E-state index is -0.618. The van der Waals surface area contributed by atoms with Gasteiger partial charge in [-0.05, 0) is 22.0 Å². The molecule has 0 aliphatic heterocycles. The van der Waals surface area contributed by atoms with Crippen LogP contribution in [0.25, 0.3) is 0 Å². The maximum Gasteiger partial charge on any atom is 0.144 e. The molecule has 0 aliphatic carbocycles. The highest BCUT2D eigenvalue weighted by atomic mass is 79.9. The second-order valence-corrected chi connectivity index (χ2v) is 3.01. The number of hydrogen-bond donors (Lipinski definition) is 2. The van der Waals surface area contributed by atoms with E-state index in [0.717, 1.165) is 0 Å². The number of nitrogens with two attached hydrogens (primary N) is 1. The number of rotatable bonds is 2. The molecule has 0 saturated carbocycles. The molecule has 0 fully saturated rings. The number of halogens is 3. The highest BCUT2D eigenvalue weighted by Crippen LogP contribution is 2.22. The Hall–Kier alpha value is -0.520. The van der Waals surface area contributed by atoms with Gasteiger partial charge in [0.1, 0.15) is 11.6 Å². The van der Waals surface area contributed by atoms with Crippen LogP contribution in [0.15, 0.2) is 16.6 Å². The van der Waals surface area contributed by atoms with E-state index in [1.54, 1.807) is 0 Å². The van der Waals surface area contributed by atoms with Gasteiger partial charge in [-0.3, -0.25) is 11.3 Å². The Balaban J connectivity index is 3.08. The maximum atomic E-state index is 13.1. The van der Waals surface area contributed by atoms with E-state index in [2.05, 4.69) is 21.4 Å². The first kappa shape index (κ1) is 9.57. The fraction of sp³-hybridized carbons (Fsp3) is 0.143. The minimum absolute atomic E-state index is 0.157. The van der Waals surface area contributed by atoms with Crippen LogP contribution in [0.2, 0.25) is 0 Å². The average molecular weight is 237 g/mol. The molecule has 0 unspecified atom stereocenters. The SMILES string of the molecule is NNCc1ccc(F)c(Br)c1F. The summed E-state index contributed by atoms with van der Waals surface area (Å²) in [5.74, 6) is 3.76. The van der Waals surface area contributed by atoms with Crippen molar-refractivity contribution >= 4 is 15.9 Å². The fourth-order valence-corrected chi connectivity index (χ4v) is 1.20. The molecule has 0 aliphatic rings. The molecular formula is C7H7BrF2N2. The predicted octanol–water partition coefficient (Wildman–Crippen LogP) is 1.69. The molecule has 0 atom stereocenters. The summed E-state index contributed by atoms with van der Waals surface area (Å²) < 4.78 is 25.6. The molecule has 2 nitrogen and oxygen atoms in total. The quantitative estimate of drug-likeness (QED) is 0.466. The smallest absolute Gasteiger partial charge is 0.144 e. The van der Waals surface area contributed by atoms with Crippen molar-refractivity contribution in [2.24, 2.45) is 5.84 Å². The zero-order chi connectivity index (χ0) is 9.14. The van der Waals surface area contributed by atoms with E-state index in [4.69, 9.17) is 5.84 Å². The molecule has 0 aromatic heterocycles. The van der Waals surface area contributed by atoms with Crippen LogP contribution >= 0.6 is 15.9 Å². The van der Waals surface area contributed by atoms with Gasteiger partial charge in [0, 0.05) is 12.1 Å². The van der Waals surface area contributed by atoms with Crippen molar-refractivity contribution < 1.29 is 8.78 Å². The molecule has 0 heterocycles. The van der Waals surface area contributed by atoms with Gasteiger partial charge >= 0.3 is 0 Å². The Labute approximate surface area is 76.9 Å². The second kappa shape index (κ2) is 3.93. The molecule has 0 radical (unpaired) electrons. The molecule has 0 bridgehead atoms. The van der Waals surface area contributed by atoms with E-state index in [9.17, 15) is 8.78 Å². The normalized spacial score (nSPS) is 10.3. The zero-order valence-corrected chi connectivity index (χ0v) is 7.66. The average Bonchev–Trinajstić information content (AvgIpc) is 2.07. The summed E-state index contributed by atoms with van der Waals surface area (Å²) >= 11 is 2.78. The lowest BCUT2D eigenvalue weighted by atomic mass is 10.2. The van der Waals surface area contributed by atoms with Gasteiger partial charge in [0.25, 0.3) is 0 Å². The summed E-state index contributed by atoms with van der Waals surface area (Å²) in [6.07, 6.45) is 0. The van der Waals surface area contributed by atoms with Crippen LogP contribution < -0.4 is 11.3 Å². The van der Waals surface area contributed by atoms with E-state index in [1.165, 1.54) is 12.1 Å². The van der Waals surface area contributed by atoms with Crippen molar-refractivity contribution in [2.75, 3.05) is 0 Å². The lowest BCUT2D eigenvalue weighted by Gasteiger charge is -2.03. The van der Waals surface area contributed by atoms with Crippen molar-refractivity contribution in [1.82, 2.24) is 5.43 Å². The molecule has 0 spiro atoms. The van der Waals surface area contributed by atoms with Gasteiger partial charge in [-0.15, -0.1) is 0 Å². The third-order valence-electron chi connectivity index (χ3n) is 1.41. The first-order valence-corrected chi connectivity index (χ1v) is 4.02. The van der Waals surface area contributed by atoms with E-state index >= 15 is 0 Å². The molecule has 1 aromatic carbocycles. The summed E-state index contributed by atoms with van der Waals surface area (Å²) in [5, 5.41) is 0. The van der Waals surface area contributed by atoms with Crippen LogP contribution in [0.1, 0.15) is 5.56 Å². The second-order valence-electron chi connectivity index (χ2n) is 2.22. The molecule has 3 N–H and O–H groups in total. The van der Waals surface area contributed by atoms with Crippen molar-refractivity contribution in [2.45, 2.75) is 6.54 Å². The Bertz CT molecular complexity index is 291. The molecule has 1 aromatic rings. The minimum Gasteiger partial charge on any atom is -0.271 e. The van der Waals surface area contributed by atoms with Gasteiger partial charge in [-0.1, -0.05) is 6.07 Å². The third-order valence-corrected chi connectivity index (χ3v) is 2.13. The van der Waals surface area contributed by atoms with Crippen LogP contribution in [0.3, 0.4) is 0 Å². The lowest BCUT2D eigenvalue weighted by molar-refractivity contribution is 0.553. The van der Waals surface area contributed by atoms with Crippen LogP contribution in [0, 0.1) is 11.6 Å². The molecule has 12 heavy (non-hydrogen) atoms.